The lowest BCUT2D eigenvalue weighted by Gasteiger charge is -2.15. The van der Waals surface area contributed by atoms with Gasteiger partial charge in [0.05, 0.1) is 10.9 Å². The van der Waals surface area contributed by atoms with E-state index in [1.807, 2.05) is 18.5 Å². The van der Waals surface area contributed by atoms with E-state index < -0.39 is 0 Å². The van der Waals surface area contributed by atoms with Crippen molar-refractivity contribution >= 4 is 10.8 Å². The van der Waals surface area contributed by atoms with Crippen LogP contribution in [-0.2, 0) is 7.05 Å². The Bertz CT molecular complexity index is 1190. The summed E-state index contributed by atoms with van der Waals surface area (Å²) in [6.07, 6.45) is 6.12. The number of pyridine rings is 2. The van der Waals surface area contributed by atoms with E-state index in [4.69, 9.17) is 0 Å². The fraction of sp³-hybridized carbons (Fsp3) is 0.286. The maximum absolute atomic E-state index is 4.30. The fourth-order valence-electron chi connectivity index (χ4n) is 4.53. The van der Waals surface area contributed by atoms with Crippen molar-refractivity contribution < 1.29 is 4.57 Å². The molecule has 2 nitrogen and oxygen atoms in total. The van der Waals surface area contributed by atoms with Crippen molar-refractivity contribution in [3.8, 4) is 22.4 Å². The third-order valence-electron chi connectivity index (χ3n) is 6.50. The van der Waals surface area contributed by atoms with E-state index in [9.17, 15) is 0 Å². The highest BCUT2D eigenvalue weighted by atomic mass is 14.9. The van der Waals surface area contributed by atoms with Gasteiger partial charge in [-0.1, -0.05) is 44.2 Å². The summed E-state index contributed by atoms with van der Waals surface area (Å²) in [4.78, 5) is 4.30. The molecule has 0 saturated carbocycles. The van der Waals surface area contributed by atoms with Crippen LogP contribution < -0.4 is 4.57 Å². The first-order chi connectivity index (χ1) is 14.5. The average molecular weight is 396 g/mol. The summed E-state index contributed by atoms with van der Waals surface area (Å²) in [6.45, 7) is 8.97. The Labute approximate surface area is 180 Å². The van der Waals surface area contributed by atoms with Gasteiger partial charge < -0.3 is 0 Å². The van der Waals surface area contributed by atoms with Crippen LogP contribution in [0.15, 0.2) is 67.0 Å². The van der Waals surface area contributed by atoms with Crippen molar-refractivity contribution in [3.05, 3.63) is 83.8 Å². The number of hydrogen-bond donors (Lipinski definition) is 0. The first-order valence-electron chi connectivity index (χ1n) is 11.0. The highest BCUT2D eigenvalue weighted by molar-refractivity contribution is 5.95. The van der Waals surface area contributed by atoms with Crippen LogP contribution in [0.2, 0.25) is 0 Å². The zero-order valence-electron chi connectivity index (χ0n) is 18.7. The molecule has 0 atom stereocenters. The predicted octanol–water partition coefficient (Wildman–Crippen LogP) is 6.91. The van der Waals surface area contributed by atoms with Gasteiger partial charge >= 0.3 is 0 Å². The van der Waals surface area contributed by atoms with Crippen molar-refractivity contribution in [1.82, 2.24) is 4.98 Å². The Kier molecular flexibility index (Phi) is 5.67. The Morgan fingerprint density at radius 3 is 2.40 bits per heavy atom. The molecule has 152 valence electrons. The van der Waals surface area contributed by atoms with Crippen LogP contribution in [-0.4, -0.2) is 4.98 Å². The number of nitrogens with zero attached hydrogens (tertiary/aromatic N) is 2. The number of fused-ring (bicyclic) bond motifs is 1. The second-order valence-corrected chi connectivity index (χ2v) is 8.32. The van der Waals surface area contributed by atoms with E-state index in [1.54, 1.807) is 0 Å². The molecule has 2 aromatic carbocycles. The molecule has 0 saturated heterocycles. The lowest BCUT2D eigenvalue weighted by atomic mass is 9.90. The van der Waals surface area contributed by atoms with E-state index in [-0.39, 0.29) is 0 Å². The zero-order chi connectivity index (χ0) is 21.3. The monoisotopic (exact) mass is 395 g/mol. The summed E-state index contributed by atoms with van der Waals surface area (Å²) in [5, 5.41) is 2.64. The second-order valence-electron chi connectivity index (χ2n) is 8.32. The Hall–Kier alpha value is -3.00. The average Bonchev–Trinajstić information content (AvgIpc) is 2.77. The van der Waals surface area contributed by atoms with Gasteiger partial charge in [-0.15, -0.1) is 0 Å². The molecule has 0 aliphatic carbocycles. The second kappa shape index (κ2) is 8.39. The van der Waals surface area contributed by atoms with E-state index in [1.165, 1.54) is 57.3 Å². The van der Waals surface area contributed by atoms with Gasteiger partial charge in [0.15, 0.2) is 5.69 Å². The Morgan fingerprint density at radius 1 is 0.900 bits per heavy atom. The zero-order valence-corrected chi connectivity index (χ0v) is 18.7. The summed E-state index contributed by atoms with van der Waals surface area (Å²) < 4.78 is 2.33. The molecule has 0 radical (unpaired) electrons. The maximum atomic E-state index is 4.30. The third-order valence-corrected chi connectivity index (χ3v) is 6.50. The highest BCUT2D eigenvalue weighted by Crippen LogP contribution is 2.34. The molecule has 2 heterocycles. The van der Waals surface area contributed by atoms with Crippen molar-refractivity contribution in [2.24, 2.45) is 7.05 Å². The van der Waals surface area contributed by atoms with Crippen molar-refractivity contribution in [1.29, 1.82) is 0 Å². The van der Waals surface area contributed by atoms with Crippen molar-refractivity contribution in [3.63, 3.8) is 0 Å². The standard InChI is InChI=1S/C28H31N2/c1-6-21(7-2)22-12-13-26-25(16-22)15-20(4)30(5)28(26)27-17-23(11-10-19(27)3)24-9-8-14-29-18-24/h8-18,21H,6-7H2,1-5H3/q+1. The summed E-state index contributed by atoms with van der Waals surface area (Å²) in [5.74, 6) is 0.628. The van der Waals surface area contributed by atoms with E-state index in [0.717, 1.165) is 5.56 Å². The number of hydrogen-bond acceptors (Lipinski definition) is 1. The van der Waals surface area contributed by atoms with Gasteiger partial charge in [-0.25, -0.2) is 0 Å². The molecule has 0 fully saturated rings. The van der Waals surface area contributed by atoms with Crippen LogP contribution in [0.1, 0.15) is 49.4 Å². The van der Waals surface area contributed by atoms with Crippen LogP contribution in [0.25, 0.3) is 33.2 Å². The van der Waals surface area contributed by atoms with Gasteiger partial charge in [0.2, 0.25) is 5.69 Å². The Balaban J connectivity index is 1.95. The molecule has 4 rings (SSSR count). The molecule has 0 N–H and O–H groups in total. The normalized spacial score (nSPS) is 11.4. The molecule has 0 aliphatic heterocycles. The lowest BCUT2D eigenvalue weighted by molar-refractivity contribution is -0.665. The van der Waals surface area contributed by atoms with Crippen LogP contribution >= 0.6 is 0 Å². The highest BCUT2D eigenvalue weighted by Gasteiger charge is 2.21. The van der Waals surface area contributed by atoms with E-state index in [2.05, 4.69) is 92.8 Å². The molecule has 2 heteroatoms. The third kappa shape index (κ3) is 3.63. The minimum atomic E-state index is 0.628. The first kappa shape index (κ1) is 20.3. The molecule has 4 aromatic rings. The van der Waals surface area contributed by atoms with Crippen LogP contribution in [0.4, 0.5) is 0 Å². The van der Waals surface area contributed by atoms with Gasteiger partial charge in [-0.3, -0.25) is 4.98 Å². The number of rotatable bonds is 5. The van der Waals surface area contributed by atoms with Gasteiger partial charge in [0, 0.05) is 30.9 Å². The number of aromatic nitrogens is 2. The van der Waals surface area contributed by atoms with Crippen molar-refractivity contribution in [2.45, 2.75) is 46.5 Å². The molecular formula is C28H31N2+. The molecule has 0 unspecified atom stereocenters. The first-order valence-corrected chi connectivity index (χ1v) is 11.0. The summed E-state index contributed by atoms with van der Waals surface area (Å²) in [7, 11) is 2.18. The number of benzene rings is 2. The van der Waals surface area contributed by atoms with Crippen LogP contribution in [0, 0.1) is 13.8 Å². The fourth-order valence-corrected chi connectivity index (χ4v) is 4.53. The quantitative estimate of drug-likeness (QED) is 0.335. The summed E-state index contributed by atoms with van der Waals surface area (Å²) in [6, 6.07) is 20.2. The maximum Gasteiger partial charge on any atom is 0.220 e. The van der Waals surface area contributed by atoms with Gasteiger partial charge in [0.1, 0.15) is 7.05 Å². The predicted molar refractivity (Wildman–Crippen MR) is 127 cm³/mol. The topological polar surface area (TPSA) is 16.8 Å². The van der Waals surface area contributed by atoms with E-state index in [0.29, 0.717) is 5.92 Å². The van der Waals surface area contributed by atoms with Crippen LogP contribution in [0.5, 0.6) is 0 Å². The molecule has 0 bridgehead atoms. The molecule has 0 aliphatic rings. The summed E-state index contributed by atoms with van der Waals surface area (Å²) in [5.41, 5.74) is 8.92. The molecular weight excluding hydrogens is 364 g/mol. The van der Waals surface area contributed by atoms with E-state index >= 15 is 0 Å². The lowest BCUT2D eigenvalue weighted by Crippen LogP contribution is -2.35. The molecule has 2 aromatic heterocycles. The largest absolute Gasteiger partial charge is 0.264 e. The van der Waals surface area contributed by atoms with Gasteiger partial charge in [-0.05, 0) is 66.0 Å². The van der Waals surface area contributed by atoms with Crippen LogP contribution in [0.3, 0.4) is 0 Å². The number of aryl methyl sites for hydroxylation is 2. The SMILES string of the molecule is CCC(CC)c1ccc2c(-c3cc(-c4cccnc4)ccc3C)[n+](C)c(C)cc2c1. The molecule has 30 heavy (non-hydrogen) atoms. The Morgan fingerprint density at radius 2 is 1.70 bits per heavy atom. The summed E-state index contributed by atoms with van der Waals surface area (Å²) >= 11 is 0. The minimum Gasteiger partial charge on any atom is -0.264 e. The molecule has 0 spiro atoms. The molecule has 0 amide bonds. The van der Waals surface area contributed by atoms with Gasteiger partial charge in [0.25, 0.3) is 0 Å². The minimum absolute atomic E-state index is 0.628. The van der Waals surface area contributed by atoms with Crippen molar-refractivity contribution in [2.75, 3.05) is 0 Å². The smallest absolute Gasteiger partial charge is 0.220 e. The van der Waals surface area contributed by atoms with Gasteiger partial charge in [-0.2, -0.15) is 4.57 Å².